The summed E-state index contributed by atoms with van der Waals surface area (Å²) < 4.78 is 11.6. The van der Waals surface area contributed by atoms with Crippen LogP contribution in [0.15, 0.2) is 48.5 Å². The number of nitrogens with one attached hydrogen (secondary N) is 3. The summed E-state index contributed by atoms with van der Waals surface area (Å²) >= 11 is 1.67. The van der Waals surface area contributed by atoms with Crippen LogP contribution in [0.3, 0.4) is 0 Å². The number of benzene rings is 2. The molecule has 0 fully saturated rings. The van der Waals surface area contributed by atoms with Crippen molar-refractivity contribution in [3.8, 4) is 22.8 Å². The summed E-state index contributed by atoms with van der Waals surface area (Å²) in [5.41, 5.74) is 4.45. The van der Waals surface area contributed by atoms with Crippen LogP contribution in [0.2, 0.25) is 0 Å². The Morgan fingerprint density at radius 2 is 1.59 bits per heavy atom. The Morgan fingerprint density at radius 1 is 1.00 bits per heavy atom. The van der Waals surface area contributed by atoms with Gasteiger partial charge in [0.15, 0.2) is 0 Å². The Labute approximate surface area is 222 Å². The molecule has 8 nitrogen and oxygen atoms in total. The summed E-state index contributed by atoms with van der Waals surface area (Å²) in [7, 11) is 0. The van der Waals surface area contributed by atoms with Crippen molar-refractivity contribution in [1.29, 1.82) is 5.41 Å². The van der Waals surface area contributed by atoms with Gasteiger partial charge in [-0.05, 0) is 74.7 Å². The third-order valence-electron chi connectivity index (χ3n) is 5.69. The van der Waals surface area contributed by atoms with Crippen molar-refractivity contribution in [2.45, 2.75) is 46.5 Å². The highest BCUT2D eigenvalue weighted by molar-refractivity contribution is 7.12. The highest BCUT2D eigenvalue weighted by Crippen LogP contribution is 2.29. The lowest BCUT2D eigenvalue weighted by Gasteiger charge is -2.09. The molecule has 0 aliphatic rings. The number of hydroxylamine groups is 1. The molecular formula is C28H36N4O4S. The fourth-order valence-electron chi connectivity index (χ4n) is 3.62. The minimum Gasteiger partial charge on any atom is -0.494 e. The molecule has 9 heteroatoms. The van der Waals surface area contributed by atoms with Gasteiger partial charge in [0.25, 0.3) is 0 Å². The molecule has 4 N–H and O–H groups in total. The molecule has 1 amide bonds. The minimum absolute atomic E-state index is 0.0132. The molecule has 0 radical (unpaired) electrons. The maximum atomic E-state index is 11.8. The number of amidine groups is 1. The van der Waals surface area contributed by atoms with Gasteiger partial charge < -0.3 is 14.8 Å². The molecule has 3 aromatic rings. The highest BCUT2D eigenvalue weighted by atomic mass is 32.1. The van der Waals surface area contributed by atoms with Gasteiger partial charge in [-0.25, -0.2) is 4.98 Å². The van der Waals surface area contributed by atoms with E-state index in [4.69, 9.17) is 25.1 Å². The zero-order valence-electron chi connectivity index (χ0n) is 21.7. The lowest BCUT2D eigenvalue weighted by molar-refractivity contribution is -0.123. The van der Waals surface area contributed by atoms with Gasteiger partial charge in [0.1, 0.15) is 17.3 Å². The Kier molecular flexibility index (Phi) is 10.9. The van der Waals surface area contributed by atoms with Crippen molar-refractivity contribution in [3.05, 3.63) is 64.0 Å². The second-order valence-electron chi connectivity index (χ2n) is 8.99. The first kappa shape index (κ1) is 28.1. The Hall–Kier alpha value is -3.43. The van der Waals surface area contributed by atoms with Gasteiger partial charge in [0, 0.05) is 34.9 Å². The molecule has 0 bridgehead atoms. The average Bonchev–Trinajstić information content (AvgIpc) is 3.28. The van der Waals surface area contributed by atoms with Crippen LogP contribution in [-0.2, 0) is 11.2 Å². The van der Waals surface area contributed by atoms with Crippen LogP contribution in [0.5, 0.6) is 11.5 Å². The summed E-state index contributed by atoms with van der Waals surface area (Å²) in [5, 5.41) is 20.3. The second kappa shape index (κ2) is 14.3. The van der Waals surface area contributed by atoms with Gasteiger partial charge in [0.2, 0.25) is 5.91 Å². The van der Waals surface area contributed by atoms with Gasteiger partial charge in [-0.2, -0.15) is 0 Å². The van der Waals surface area contributed by atoms with E-state index in [2.05, 4.69) is 5.32 Å². The van der Waals surface area contributed by atoms with Crippen LogP contribution in [-0.4, -0.2) is 41.7 Å². The van der Waals surface area contributed by atoms with E-state index in [9.17, 15) is 4.79 Å². The number of rotatable bonds is 14. The number of hydrogen-bond acceptors (Lipinski definition) is 7. The molecule has 198 valence electrons. The lowest BCUT2D eigenvalue weighted by Crippen LogP contribution is -2.29. The van der Waals surface area contributed by atoms with Gasteiger partial charge in [0.05, 0.1) is 23.9 Å². The molecule has 1 aromatic heterocycles. The molecule has 0 saturated carbocycles. The fraction of sp³-hybridized carbons (Fsp3) is 0.393. The normalized spacial score (nSPS) is 10.8. The summed E-state index contributed by atoms with van der Waals surface area (Å²) in [6.45, 7) is 7.65. The Morgan fingerprint density at radius 3 is 2.16 bits per heavy atom. The van der Waals surface area contributed by atoms with Gasteiger partial charge >= 0.3 is 0 Å². The molecule has 0 aliphatic carbocycles. The molecule has 0 aliphatic heterocycles. The van der Waals surface area contributed by atoms with Gasteiger partial charge in [-0.1, -0.05) is 13.8 Å². The van der Waals surface area contributed by atoms with Crippen molar-refractivity contribution in [2.75, 3.05) is 19.8 Å². The molecule has 3 rings (SSSR count). The van der Waals surface area contributed by atoms with Crippen molar-refractivity contribution < 1.29 is 19.5 Å². The summed E-state index contributed by atoms with van der Waals surface area (Å²) in [6, 6.07) is 15.1. The van der Waals surface area contributed by atoms with E-state index in [1.807, 2.05) is 50.5 Å². The summed E-state index contributed by atoms with van der Waals surface area (Å²) in [4.78, 5) is 17.7. The Balaban J connectivity index is 1.37. The number of ether oxygens (including phenoxy) is 2. The molecule has 0 spiro atoms. The lowest BCUT2D eigenvalue weighted by atomic mass is 10.1. The second-order valence-corrected chi connectivity index (χ2v) is 10.3. The summed E-state index contributed by atoms with van der Waals surface area (Å²) in [5.74, 6) is 1.58. The van der Waals surface area contributed by atoms with E-state index in [1.165, 1.54) is 4.88 Å². The minimum atomic E-state index is -0.0482. The van der Waals surface area contributed by atoms with E-state index >= 15 is 0 Å². The Bertz CT molecular complexity index is 1140. The van der Waals surface area contributed by atoms with E-state index in [0.717, 1.165) is 53.4 Å². The van der Waals surface area contributed by atoms with Crippen LogP contribution in [0.1, 0.15) is 48.6 Å². The van der Waals surface area contributed by atoms with Crippen LogP contribution >= 0.6 is 11.3 Å². The van der Waals surface area contributed by atoms with Gasteiger partial charge in [-0.3, -0.25) is 20.9 Å². The smallest absolute Gasteiger partial charge is 0.222 e. The van der Waals surface area contributed by atoms with E-state index in [0.29, 0.717) is 25.3 Å². The number of amides is 1. The predicted octanol–water partition coefficient (Wildman–Crippen LogP) is 5.37. The third kappa shape index (κ3) is 8.87. The molecular weight excluding hydrogens is 488 g/mol. The fourth-order valence-corrected chi connectivity index (χ4v) is 4.58. The molecule has 0 unspecified atom stereocenters. The number of carbonyl (C=O) groups excluding carboxylic acids is 1. The third-order valence-corrected chi connectivity index (χ3v) is 6.72. The zero-order chi connectivity index (χ0) is 26.6. The number of hydrogen-bond donors (Lipinski definition) is 4. The molecule has 1 heterocycles. The zero-order valence-corrected chi connectivity index (χ0v) is 22.5. The molecule has 0 saturated heterocycles. The SMILES string of the molecule is Cc1nc(-c2ccc(OCCCCCOc3ccc(C(=N)NO)cc3)cc2)c(CCNC(=O)C(C)C)s1. The highest BCUT2D eigenvalue weighted by Gasteiger charge is 2.13. The first-order chi connectivity index (χ1) is 17.9. The molecule has 0 atom stereocenters. The molecule has 37 heavy (non-hydrogen) atoms. The topological polar surface area (TPSA) is 117 Å². The van der Waals surface area contributed by atoms with E-state index in [1.54, 1.807) is 35.6 Å². The number of nitrogens with zero attached hydrogens (tertiary/aromatic N) is 1. The van der Waals surface area contributed by atoms with Gasteiger partial charge in [-0.15, -0.1) is 11.3 Å². The first-order valence-electron chi connectivity index (χ1n) is 12.6. The van der Waals surface area contributed by atoms with Crippen molar-refractivity contribution >= 4 is 23.1 Å². The number of thiazole rings is 1. The predicted molar refractivity (Wildman–Crippen MR) is 147 cm³/mol. The molecule has 2 aromatic carbocycles. The maximum absolute atomic E-state index is 11.8. The monoisotopic (exact) mass is 524 g/mol. The first-order valence-corrected chi connectivity index (χ1v) is 13.4. The van der Waals surface area contributed by atoms with Crippen LogP contribution in [0.4, 0.5) is 0 Å². The van der Waals surface area contributed by atoms with Crippen LogP contribution < -0.4 is 20.3 Å². The number of unbranched alkanes of at least 4 members (excludes halogenated alkanes) is 2. The largest absolute Gasteiger partial charge is 0.494 e. The maximum Gasteiger partial charge on any atom is 0.222 e. The number of aromatic nitrogens is 1. The standard InChI is InChI=1S/C28H36N4O4S/c1-19(2)28(33)30-16-15-25-26(31-20(3)37-25)21-7-11-23(12-8-21)35-17-5-4-6-18-36-24-13-9-22(10-14-24)27(29)32-34/h7-14,19,34H,4-6,15-18H2,1-3H3,(H2,29,32)(H,30,33). The van der Waals surface area contributed by atoms with Crippen molar-refractivity contribution in [1.82, 2.24) is 15.8 Å². The average molecular weight is 525 g/mol. The van der Waals surface area contributed by atoms with Crippen LogP contribution in [0.25, 0.3) is 11.3 Å². The van der Waals surface area contributed by atoms with E-state index < -0.39 is 0 Å². The number of carbonyl (C=O) groups is 1. The number of aryl methyl sites for hydroxylation is 1. The summed E-state index contributed by atoms with van der Waals surface area (Å²) in [6.07, 6.45) is 3.60. The van der Waals surface area contributed by atoms with Crippen LogP contribution in [0, 0.1) is 18.3 Å². The van der Waals surface area contributed by atoms with Crippen molar-refractivity contribution in [2.24, 2.45) is 5.92 Å². The quantitative estimate of drug-likeness (QED) is 0.0976. The van der Waals surface area contributed by atoms with Crippen molar-refractivity contribution in [3.63, 3.8) is 0 Å². The van der Waals surface area contributed by atoms with E-state index in [-0.39, 0.29) is 17.7 Å².